The molecule has 0 bridgehead atoms. The average Bonchev–Trinajstić information content (AvgIpc) is 2.49. The van der Waals surface area contributed by atoms with Gasteiger partial charge in [0.25, 0.3) is 0 Å². The molecule has 1 aromatic heterocycles. The van der Waals surface area contributed by atoms with Gasteiger partial charge in [-0.1, -0.05) is 0 Å². The van der Waals surface area contributed by atoms with Crippen molar-refractivity contribution < 1.29 is 14.3 Å². The Labute approximate surface area is 117 Å². The largest absolute Gasteiger partial charge is 0.497 e. The van der Waals surface area contributed by atoms with Crippen molar-refractivity contribution in [2.24, 2.45) is 0 Å². The maximum atomic E-state index is 11.5. The molecule has 0 radical (unpaired) electrons. The summed E-state index contributed by atoms with van der Waals surface area (Å²) in [5, 5.41) is 3.13. The van der Waals surface area contributed by atoms with Gasteiger partial charge in [0.05, 0.1) is 19.3 Å². The highest BCUT2D eigenvalue weighted by Crippen LogP contribution is 2.18. The van der Waals surface area contributed by atoms with Gasteiger partial charge in [0.15, 0.2) is 0 Å². The van der Waals surface area contributed by atoms with Crippen LogP contribution in [-0.4, -0.2) is 24.7 Å². The van der Waals surface area contributed by atoms with Crippen molar-refractivity contribution in [2.45, 2.75) is 6.92 Å². The molecule has 1 N–H and O–H groups in total. The van der Waals surface area contributed by atoms with E-state index in [0.717, 1.165) is 11.4 Å². The number of hydrogen-bond donors (Lipinski definition) is 1. The Morgan fingerprint density at radius 3 is 2.50 bits per heavy atom. The molecule has 5 heteroatoms. The van der Waals surface area contributed by atoms with Gasteiger partial charge in [0.2, 0.25) is 0 Å². The van der Waals surface area contributed by atoms with E-state index in [1.54, 1.807) is 26.2 Å². The van der Waals surface area contributed by atoms with E-state index in [0.29, 0.717) is 18.0 Å². The summed E-state index contributed by atoms with van der Waals surface area (Å²) in [7, 11) is 1.62. The number of aromatic nitrogens is 1. The van der Waals surface area contributed by atoms with E-state index in [9.17, 15) is 4.79 Å². The van der Waals surface area contributed by atoms with Gasteiger partial charge in [-0.15, -0.1) is 0 Å². The molecule has 2 aromatic rings. The third-order valence-electron chi connectivity index (χ3n) is 2.64. The van der Waals surface area contributed by atoms with E-state index >= 15 is 0 Å². The van der Waals surface area contributed by atoms with E-state index in [4.69, 9.17) is 9.47 Å². The molecule has 1 aromatic carbocycles. The number of esters is 1. The van der Waals surface area contributed by atoms with Crippen LogP contribution in [0.1, 0.15) is 17.3 Å². The highest BCUT2D eigenvalue weighted by atomic mass is 16.5. The molecule has 0 saturated carbocycles. The van der Waals surface area contributed by atoms with Crippen LogP contribution in [-0.2, 0) is 4.74 Å². The van der Waals surface area contributed by atoms with Crippen molar-refractivity contribution in [3.05, 3.63) is 48.2 Å². The fourth-order valence-corrected chi connectivity index (χ4v) is 1.63. The summed E-state index contributed by atoms with van der Waals surface area (Å²) in [5.41, 5.74) is 1.33. The topological polar surface area (TPSA) is 60.5 Å². The van der Waals surface area contributed by atoms with Crippen LogP contribution in [0.25, 0.3) is 0 Å². The van der Waals surface area contributed by atoms with E-state index in [1.165, 1.54) is 6.20 Å². The predicted octanol–water partition coefficient (Wildman–Crippen LogP) is 3.01. The quantitative estimate of drug-likeness (QED) is 0.848. The van der Waals surface area contributed by atoms with Gasteiger partial charge < -0.3 is 14.8 Å². The predicted molar refractivity (Wildman–Crippen MR) is 76.5 cm³/mol. The van der Waals surface area contributed by atoms with Crippen LogP contribution in [0.4, 0.5) is 11.5 Å². The first-order valence-electron chi connectivity index (χ1n) is 6.27. The molecular weight excluding hydrogens is 256 g/mol. The van der Waals surface area contributed by atoms with Gasteiger partial charge in [0.1, 0.15) is 11.6 Å². The monoisotopic (exact) mass is 272 g/mol. The average molecular weight is 272 g/mol. The zero-order valence-corrected chi connectivity index (χ0v) is 11.4. The molecule has 1 heterocycles. The molecule has 0 saturated heterocycles. The maximum Gasteiger partial charge on any atom is 0.339 e. The van der Waals surface area contributed by atoms with E-state index in [-0.39, 0.29) is 5.97 Å². The Morgan fingerprint density at radius 1 is 1.20 bits per heavy atom. The summed E-state index contributed by atoms with van der Waals surface area (Å²) in [4.78, 5) is 15.7. The fourth-order valence-electron chi connectivity index (χ4n) is 1.63. The van der Waals surface area contributed by atoms with Gasteiger partial charge in [-0.25, -0.2) is 9.78 Å². The minimum absolute atomic E-state index is 0.352. The number of ether oxygens (including phenoxy) is 2. The molecular formula is C15H16N2O3. The molecule has 0 amide bonds. The highest BCUT2D eigenvalue weighted by molar-refractivity contribution is 5.89. The van der Waals surface area contributed by atoms with E-state index in [1.807, 2.05) is 24.3 Å². The molecule has 0 aliphatic carbocycles. The Morgan fingerprint density at radius 2 is 1.95 bits per heavy atom. The number of nitrogens with zero attached hydrogens (tertiary/aromatic N) is 1. The molecule has 104 valence electrons. The Bertz CT molecular complexity index is 565. The third-order valence-corrected chi connectivity index (χ3v) is 2.64. The zero-order chi connectivity index (χ0) is 14.4. The van der Waals surface area contributed by atoms with Crippen molar-refractivity contribution in [3.63, 3.8) is 0 Å². The second-order valence-corrected chi connectivity index (χ2v) is 4.01. The van der Waals surface area contributed by atoms with Crippen LogP contribution in [0, 0.1) is 0 Å². The molecule has 20 heavy (non-hydrogen) atoms. The summed E-state index contributed by atoms with van der Waals surface area (Å²) in [6, 6.07) is 10.9. The SMILES string of the molecule is CCOC(=O)c1ccc(Nc2ccc(OC)cc2)nc1. The molecule has 0 aliphatic rings. The standard InChI is InChI=1S/C15H16N2O3/c1-3-20-15(18)11-4-9-14(16-10-11)17-12-5-7-13(19-2)8-6-12/h4-10H,3H2,1-2H3,(H,16,17). The van der Waals surface area contributed by atoms with Gasteiger partial charge in [0, 0.05) is 11.9 Å². The molecule has 0 aliphatic heterocycles. The Balaban J connectivity index is 2.04. The number of carbonyl (C=O) groups is 1. The fraction of sp³-hybridized carbons (Fsp3) is 0.200. The van der Waals surface area contributed by atoms with Crippen LogP contribution >= 0.6 is 0 Å². The first kappa shape index (κ1) is 13.9. The number of pyridine rings is 1. The highest BCUT2D eigenvalue weighted by Gasteiger charge is 2.06. The van der Waals surface area contributed by atoms with Gasteiger partial charge in [-0.2, -0.15) is 0 Å². The number of methoxy groups -OCH3 is 1. The van der Waals surface area contributed by atoms with Gasteiger partial charge in [-0.05, 0) is 43.3 Å². The normalized spacial score (nSPS) is 9.90. The molecule has 5 nitrogen and oxygen atoms in total. The number of nitrogens with one attached hydrogen (secondary N) is 1. The maximum absolute atomic E-state index is 11.5. The molecule has 0 unspecified atom stereocenters. The lowest BCUT2D eigenvalue weighted by Crippen LogP contribution is -2.05. The summed E-state index contributed by atoms with van der Waals surface area (Å²) in [6.45, 7) is 2.12. The Hall–Kier alpha value is -2.56. The van der Waals surface area contributed by atoms with Crippen molar-refractivity contribution in [3.8, 4) is 5.75 Å². The van der Waals surface area contributed by atoms with Crippen LogP contribution < -0.4 is 10.1 Å². The van der Waals surface area contributed by atoms with Crippen LogP contribution in [0.3, 0.4) is 0 Å². The Kier molecular flexibility index (Phi) is 4.55. The lowest BCUT2D eigenvalue weighted by atomic mass is 10.2. The lowest BCUT2D eigenvalue weighted by Gasteiger charge is -2.07. The van der Waals surface area contributed by atoms with Crippen LogP contribution in [0.5, 0.6) is 5.75 Å². The molecule has 0 fully saturated rings. The first-order chi connectivity index (χ1) is 9.72. The lowest BCUT2D eigenvalue weighted by molar-refractivity contribution is 0.0526. The number of benzene rings is 1. The third kappa shape index (κ3) is 3.47. The number of rotatable bonds is 5. The minimum Gasteiger partial charge on any atom is -0.497 e. The minimum atomic E-state index is -0.365. The smallest absolute Gasteiger partial charge is 0.339 e. The van der Waals surface area contributed by atoms with Crippen molar-refractivity contribution in [1.82, 2.24) is 4.98 Å². The zero-order valence-electron chi connectivity index (χ0n) is 11.4. The second-order valence-electron chi connectivity index (χ2n) is 4.01. The van der Waals surface area contributed by atoms with Crippen molar-refractivity contribution in [2.75, 3.05) is 19.0 Å². The van der Waals surface area contributed by atoms with Crippen LogP contribution in [0.2, 0.25) is 0 Å². The van der Waals surface area contributed by atoms with Gasteiger partial charge in [-0.3, -0.25) is 0 Å². The summed E-state index contributed by atoms with van der Waals surface area (Å²) >= 11 is 0. The van der Waals surface area contributed by atoms with E-state index < -0.39 is 0 Å². The summed E-state index contributed by atoms with van der Waals surface area (Å²) < 4.78 is 9.99. The first-order valence-corrected chi connectivity index (χ1v) is 6.27. The number of hydrogen-bond acceptors (Lipinski definition) is 5. The van der Waals surface area contributed by atoms with Crippen LogP contribution in [0.15, 0.2) is 42.6 Å². The second kappa shape index (κ2) is 6.56. The molecule has 0 atom stereocenters. The number of anilines is 2. The molecule has 2 rings (SSSR count). The summed E-state index contributed by atoms with van der Waals surface area (Å²) in [6.07, 6.45) is 1.49. The van der Waals surface area contributed by atoms with Crippen molar-refractivity contribution >= 4 is 17.5 Å². The van der Waals surface area contributed by atoms with Crippen molar-refractivity contribution in [1.29, 1.82) is 0 Å². The molecule has 0 spiro atoms. The van der Waals surface area contributed by atoms with E-state index in [2.05, 4.69) is 10.3 Å². The summed E-state index contributed by atoms with van der Waals surface area (Å²) in [5.74, 6) is 1.08. The number of carbonyl (C=O) groups excluding carboxylic acids is 1. The van der Waals surface area contributed by atoms with Gasteiger partial charge >= 0.3 is 5.97 Å².